The molecule has 0 radical (unpaired) electrons. The maximum Gasteiger partial charge on any atom is 0.231 e. The van der Waals surface area contributed by atoms with E-state index in [4.69, 9.17) is 0 Å². The highest BCUT2D eigenvalue weighted by Crippen LogP contribution is 2.24. The second kappa shape index (κ2) is 6.84. The van der Waals surface area contributed by atoms with E-state index in [-0.39, 0.29) is 5.91 Å². The van der Waals surface area contributed by atoms with Crippen LogP contribution < -0.4 is 5.32 Å². The first-order chi connectivity index (χ1) is 11.8. The second-order valence-electron chi connectivity index (χ2n) is 6.36. The van der Waals surface area contributed by atoms with Crippen LogP contribution in [0.25, 0.3) is 16.8 Å². The molecule has 4 rings (SSSR count). The molecule has 1 aliphatic rings. The Labute approximate surface area is 144 Å². The minimum Gasteiger partial charge on any atom is -0.355 e. The number of H-pyrrole nitrogens is 1. The van der Waals surface area contributed by atoms with Gasteiger partial charge in [-0.3, -0.25) is 9.20 Å². The van der Waals surface area contributed by atoms with Crippen molar-refractivity contribution in [3.05, 3.63) is 24.3 Å². The van der Waals surface area contributed by atoms with Crippen LogP contribution in [0.3, 0.4) is 0 Å². The SMILES string of the molecule is O=C(CSc1n[nH]c2nc3ccccc3n12)NCC1CCCCC1. The van der Waals surface area contributed by atoms with E-state index < -0.39 is 0 Å². The lowest BCUT2D eigenvalue weighted by atomic mass is 9.89. The summed E-state index contributed by atoms with van der Waals surface area (Å²) in [6, 6.07) is 7.93. The lowest BCUT2D eigenvalue weighted by molar-refractivity contribution is -0.118. The monoisotopic (exact) mass is 343 g/mol. The molecule has 1 aromatic carbocycles. The van der Waals surface area contributed by atoms with Gasteiger partial charge in [-0.15, -0.1) is 5.10 Å². The van der Waals surface area contributed by atoms with Crippen LogP contribution in [-0.2, 0) is 4.79 Å². The average Bonchev–Trinajstić information content (AvgIpc) is 3.18. The second-order valence-corrected chi connectivity index (χ2v) is 7.31. The molecule has 1 amide bonds. The lowest BCUT2D eigenvalue weighted by Gasteiger charge is -2.21. The topological polar surface area (TPSA) is 75.1 Å². The molecule has 0 bridgehead atoms. The van der Waals surface area contributed by atoms with Crippen molar-refractivity contribution in [2.75, 3.05) is 12.3 Å². The molecule has 126 valence electrons. The molecule has 0 atom stereocenters. The minimum atomic E-state index is 0.0751. The van der Waals surface area contributed by atoms with Gasteiger partial charge in [0.1, 0.15) is 0 Å². The average molecular weight is 343 g/mol. The van der Waals surface area contributed by atoms with Crippen LogP contribution >= 0.6 is 11.8 Å². The molecule has 3 aromatic rings. The van der Waals surface area contributed by atoms with Gasteiger partial charge < -0.3 is 5.32 Å². The molecular weight excluding hydrogens is 322 g/mol. The Morgan fingerprint density at radius 2 is 2.12 bits per heavy atom. The van der Waals surface area contributed by atoms with E-state index in [9.17, 15) is 4.79 Å². The number of benzene rings is 1. The number of para-hydroxylation sites is 2. The summed E-state index contributed by atoms with van der Waals surface area (Å²) in [5, 5.41) is 11.1. The van der Waals surface area contributed by atoms with Crippen LogP contribution in [0.1, 0.15) is 32.1 Å². The smallest absolute Gasteiger partial charge is 0.231 e. The number of rotatable bonds is 5. The summed E-state index contributed by atoms with van der Waals surface area (Å²) >= 11 is 1.44. The van der Waals surface area contributed by atoms with Crippen LogP contribution in [0.5, 0.6) is 0 Å². The number of aromatic nitrogens is 4. The van der Waals surface area contributed by atoms with Gasteiger partial charge in [0.05, 0.1) is 16.8 Å². The van der Waals surface area contributed by atoms with Gasteiger partial charge in [-0.2, -0.15) is 0 Å². The molecular formula is C17H21N5OS. The third kappa shape index (κ3) is 3.13. The molecule has 2 heterocycles. The normalized spacial score (nSPS) is 16.0. The summed E-state index contributed by atoms with van der Waals surface area (Å²) in [6.07, 6.45) is 6.43. The number of carbonyl (C=O) groups is 1. The Kier molecular flexibility index (Phi) is 4.42. The number of thioether (sulfide) groups is 1. The van der Waals surface area contributed by atoms with E-state index in [0.717, 1.165) is 22.7 Å². The summed E-state index contributed by atoms with van der Waals surface area (Å²) in [4.78, 5) is 16.6. The third-order valence-electron chi connectivity index (χ3n) is 4.65. The molecule has 0 unspecified atom stereocenters. The van der Waals surface area contributed by atoms with Gasteiger partial charge in [-0.05, 0) is 30.9 Å². The Hall–Kier alpha value is -2.02. The molecule has 1 fully saturated rings. The molecule has 7 heteroatoms. The third-order valence-corrected chi connectivity index (χ3v) is 5.59. The molecule has 1 aliphatic carbocycles. The molecule has 1 saturated carbocycles. The first-order valence-corrected chi connectivity index (χ1v) is 9.51. The fourth-order valence-corrected chi connectivity index (χ4v) is 4.16. The number of imidazole rings is 1. The number of hydrogen-bond donors (Lipinski definition) is 2. The van der Waals surface area contributed by atoms with Gasteiger partial charge in [0.25, 0.3) is 0 Å². The first kappa shape index (κ1) is 15.5. The van der Waals surface area contributed by atoms with Gasteiger partial charge >= 0.3 is 0 Å². The fraction of sp³-hybridized carbons (Fsp3) is 0.471. The van der Waals surface area contributed by atoms with E-state index in [0.29, 0.717) is 17.4 Å². The van der Waals surface area contributed by atoms with Crippen LogP contribution in [0, 0.1) is 5.92 Å². The zero-order valence-electron chi connectivity index (χ0n) is 13.5. The molecule has 0 spiro atoms. The van der Waals surface area contributed by atoms with E-state index in [1.54, 1.807) is 0 Å². The standard InChI is InChI=1S/C17H21N5OS/c23-15(18-10-12-6-2-1-3-7-12)11-24-17-21-20-16-19-13-8-4-5-9-14(13)22(16)17/h4-5,8-9,12H,1-3,6-7,10-11H2,(H,18,23)(H,19,20). The predicted molar refractivity (Wildman–Crippen MR) is 95.2 cm³/mol. The first-order valence-electron chi connectivity index (χ1n) is 8.52. The quantitative estimate of drug-likeness (QED) is 0.698. The van der Waals surface area contributed by atoms with E-state index in [1.807, 2.05) is 28.7 Å². The Bertz CT molecular complexity index is 849. The predicted octanol–water partition coefficient (Wildman–Crippen LogP) is 3.00. The van der Waals surface area contributed by atoms with Gasteiger partial charge in [-0.1, -0.05) is 43.2 Å². The van der Waals surface area contributed by atoms with E-state index in [1.165, 1.54) is 43.9 Å². The van der Waals surface area contributed by atoms with Crippen molar-refractivity contribution in [2.24, 2.45) is 5.92 Å². The van der Waals surface area contributed by atoms with Gasteiger partial charge in [0, 0.05) is 6.54 Å². The molecule has 2 N–H and O–H groups in total. The fourth-order valence-electron chi connectivity index (χ4n) is 3.37. The van der Waals surface area contributed by atoms with E-state index >= 15 is 0 Å². The van der Waals surface area contributed by atoms with Crippen LogP contribution in [-0.4, -0.2) is 37.8 Å². The van der Waals surface area contributed by atoms with Crippen molar-refractivity contribution in [1.29, 1.82) is 0 Å². The number of hydrogen-bond acceptors (Lipinski definition) is 4. The summed E-state index contributed by atoms with van der Waals surface area (Å²) in [6.45, 7) is 0.809. The Balaban J connectivity index is 1.38. The number of nitrogens with one attached hydrogen (secondary N) is 2. The maximum absolute atomic E-state index is 12.1. The molecule has 0 aliphatic heterocycles. The van der Waals surface area contributed by atoms with Crippen molar-refractivity contribution in [3.8, 4) is 0 Å². The largest absolute Gasteiger partial charge is 0.355 e. The lowest BCUT2D eigenvalue weighted by Crippen LogP contribution is -2.31. The number of fused-ring (bicyclic) bond motifs is 3. The van der Waals surface area contributed by atoms with Crippen LogP contribution in [0.2, 0.25) is 0 Å². The van der Waals surface area contributed by atoms with Crippen molar-refractivity contribution >= 4 is 34.5 Å². The van der Waals surface area contributed by atoms with Crippen LogP contribution in [0.15, 0.2) is 29.4 Å². The van der Waals surface area contributed by atoms with Gasteiger partial charge in [-0.25, -0.2) is 10.1 Å². The Morgan fingerprint density at radius 1 is 1.29 bits per heavy atom. The van der Waals surface area contributed by atoms with Crippen LogP contribution in [0.4, 0.5) is 0 Å². The minimum absolute atomic E-state index is 0.0751. The van der Waals surface area contributed by atoms with Crippen molar-refractivity contribution in [3.63, 3.8) is 0 Å². The molecule has 6 nitrogen and oxygen atoms in total. The van der Waals surface area contributed by atoms with Crippen molar-refractivity contribution in [2.45, 2.75) is 37.3 Å². The van der Waals surface area contributed by atoms with E-state index in [2.05, 4.69) is 20.5 Å². The number of aromatic amines is 1. The number of amides is 1. The highest BCUT2D eigenvalue weighted by molar-refractivity contribution is 7.99. The number of nitrogens with zero attached hydrogens (tertiary/aromatic N) is 3. The Morgan fingerprint density at radius 3 is 3.00 bits per heavy atom. The molecule has 2 aromatic heterocycles. The highest BCUT2D eigenvalue weighted by Gasteiger charge is 2.16. The summed E-state index contributed by atoms with van der Waals surface area (Å²) < 4.78 is 1.97. The van der Waals surface area contributed by atoms with Gasteiger partial charge in [0.2, 0.25) is 11.7 Å². The van der Waals surface area contributed by atoms with Crippen molar-refractivity contribution < 1.29 is 4.79 Å². The highest BCUT2D eigenvalue weighted by atomic mass is 32.2. The number of carbonyl (C=O) groups excluding carboxylic acids is 1. The van der Waals surface area contributed by atoms with Crippen molar-refractivity contribution in [1.82, 2.24) is 24.9 Å². The zero-order valence-corrected chi connectivity index (χ0v) is 14.3. The molecule has 24 heavy (non-hydrogen) atoms. The maximum atomic E-state index is 12.1. The summed E-state index contributed by atoms with van der Waals surface area (Å²) in [7, 11) is 0. The summed E-state index contributed by atoms with van der Waals surface area (Å²) in [5.41, 5.74) is 1.93. The summed E-state index contributed by atoms with van der Waals surface area (Å²) in [5.74, 6) is 1.81. The van der Waals surface area contributed by atoms with Gasteiger partial charge in [0.15, 0.2) is 5.16 Å². The molecule has 0 saturated heterocycles. The zero-order chi connectivity index (χ0) is 16.4.